The molecule has 0 saturated heterocycles. The van der Waals surface area contributed by atoms with E-state index in [2.05, 4.69) is 40.7 Å². The van der Waals surface area contributed by atoms with E-state index in [0.717, 1.165) is 22.7 Å². The average Bonchev–Trinajstić information content (AvgIpc) is 3.02. The number of nitrogens with zero attached hydrogens (tertiary/aromatic N) is 1. The number of benzene rings is 2. The number of guanidine groups is 1. The second-order valence-electron chi connectivity index (χ2n) is 5.45. The van der Waals surface area contributed by atoms with Crippen molar-refractivity contribution in [2.45, 2.75) is 19.5 Å². The van der Waals surface area contributed by atoms with Gasteiger partial charge in [0.2, 0.25) is 0 Å². The minimum atomic E-state index is 0.179. The Morgan fingerprint density at radius 2 is 1.83 bits per heavy atom. The quantitative estimate of drug-likeness (QED) is 0.568. The Balaban J connectivity index is 1.61. The zero-order chi connectivity index (χ0) is 16.1. The van der Waals surface area contributed by atoms with Crippen LogP contribution < -0.4 is 10.6 Å². The first-order chi connectivity index (χ1) is 11.3. The van der Waals surface area contributed by atoms with E-state index < -0.39 is 0 Å². The molecular weight excluding hydrogens is 286 g/mol. The molecule has 0 aliphatic carbocycles. The van der Waals surface area contributed by atoms with Crippen molar-refractivity contribution in [1.29, 1.82) is 0 Å². The third-order valence-corrected chi connectivity index (χ3v) is 3.78. The smallest absolute Gasteiger partial charge is 0.191 e. The zero-order valence-corrected chi connectivity index (χ0v) is 13.4. The number of hydrogen-bond acceptors (Lipinski definition) is 2. The topological polar surface area (TPSA) is 49.6 Å². The Hall–Kier alpha value is -2.75. The van der Waals surface area contributed by atoms with Crippen molar-refractivity contribution in [2.24, 2.45) is 4.99 Å². The molecular formula is C19H21N3O. The summed E-state index contributed by atoms with van der Waals surface area (Å²) in [6.07, 6.45) is 0. The molecule has 1 heterocycles. The van der Waals surface area contributed by atoms with Crippen LogP contribution in [0.3, 0.4) is 0 Å². The van der Waals surface area contributed by atoms with Gasteiger partial charge in [0.05, 0.1) is 12.6 Å². The molecule has 0 radical (unpaired) electrons. The Kier molecular flexibility index (Phi) is 4.62. The van der Waals surface area contributed by atoms with E-state index in [0.29, 0.717) is 6.54 Å². The molecule has 4 nitrogen and oxygen atoms in total. The van der Waals surface area contributed by atoms with E-state index in [1.165, 1.54) is 5.56 Å². The minimum Gasteiger partial charge on any atom is -0.459 e. The van der Waals surface area contributed by atoms with Crippen LogP contribution in [0, 0.1) is 0 Å². The Morgan fingerprint density at radius 1 is 1.09 bits per heavy atom. The number of fused-ring (bicyclic) bond motifs is 1. The highest BCUT2D eigenvalue weighted by Gasteiger charge is 2.08. The van der Waals surface area contributed by atoms with Gasteiger partial charge in [-0.05, 0) is 24.6 Å². The van der Waals surface area contributed by atoms with Crippen LogP contribution in [-0.4, -0.2) is 13.0 Å². The highest BCUT2D eigenvalue weighted by atomic mass is 16.3. The van der Waals surface area contributed by atoms with Crippen LogP contribution in [0.1, 0.15) is 24.3 Å². The predicted molar refractivity (Wildman–Crippen MR) is 94.4 cm³/mol. The number of furan rings is 1. The van der Waals surface area contributed by atoms with Crippen molar-refractivity contribution in [1.82, 2.24) is 10.6 Å². The molecule has 3 aromatic rings. The van der Waals surface area contributed by atoms with Crippen LogP contribution >= 0.6 is 0 Å². The van der Waals surface area contributed by atoms with Gasteiger partial charge in [-0.25, -0.2) is 0 Å². The fourth-order valence-electron chi connectivity index (χ4n) is 2.52. The van der Waals surface area contributed by atoms with Crippen molar-refractivity contribution >= 4 is 16.9 Å². The van der Waals surface area contributed by atoms with Gasteiger partial charge in [-0.15, -0.1) is 0 Å². The summed E-state index contributed by atoms with van der Waals surface area (Å²) in [5.74, 6) is 1.64. The summed E-state index contributed by atoms with van der Waals surface area (Å²) in [6.45, 7) is 2.71. The first-order valence-corrected chi connectivity index (χ1v) is 7.76. The van der Waals surface area contributed by atoms with E-state index in [9.17, 15) is 0 Å². The largest absolute Gasteiger partial charge is 0.459 e. The fourth-order valence-corrected chi connectivity index (χ4v) is 2.52. The predicted octanol–water partition coefficient (Wildman–Crippen LogP) is 3.86. The van der Waals surface area contributed by atoms with Gasteiger partial charge >= 0.3 is 0 Å². The molecule has 0 unspecified atom stereocenters. The Labute approximate surface area is 136 Å². The molecule has 23 heavy (non-hydrogen) atoms. The highest BCUT2D eigenvalue weighted by Crippen LogP contribution is 2.18. The SMILES string of the molecule is CN=C(NCc1cc2ccccc2o1)N[C@@H](C)c1ccccc1. The second-order valence-corrected chi connectivity index (χ2v) is 5.45. The van der Waals surface area contributed by atoms with Gasteiger partial charge in [0, 0.05) is 12.4 Å². The van der Waals surface area contributed by atoms with Crippen LogP contribution in [-0.2, 0) is 6.54 Å². The third-order valence-electron chi connectivity index (χ3n) is 3.78. The van der Waals surface area contributed by atoms with Gasteiger partial charge in [-0.2, -0.15) is 0 Å². The van der Waals surface area contributed by atoms with Gasteiger partial charge in [-0.3, -0.25) is 4.99 Å². The molecule has 0 spiro atoms. The van der Waals surface area contributed by atoms with Crippen LogP contribution in [0.5, 0.6) is 0 Å². The lowest BCUT2D eigenvalue weighted by atomic mass is 10.1. The first-order valence-electron chi connectivity index (χ1n) is 7.76. The van der Waals surface area contributed by atoms with E-state index in [1.807, 2.05) is 42.5 Å². The van der Waals surface area contributed by atoms with E-state index in [4.69, 9.17) is 4.42 Å². The summed E-state index contributed by atoms with van der Waals surface area (Å²) < 4.78 is 5.81. The van der Waals surface area contributed by atoms with Crippen molar-refractivity contribution in [3.63, 3.8) is 0 Å². The molecule has 0 saturated carbocycles. The van der Waals surface area contributed by atoms with Gasteiger partial charge in [-0.1, -0.05) is 48.5 Å². The summed E-state index contributed by atoms with van der Waals surface area (Å²) in [5, 5.41) is 7.79. The normalized spacial score (nSPS) is 13.0. The van der Waals surface area contributed by atoms with Crippen molar-refractivity contribution in [3.05, 3.63) is 72.0 Å². The summed E-state index contributed by atoms with van der Waals surface area (Å²) in [5.41, 5.74) is 2.13. The molecule has 0 aliphatic rings. The highest BCUT2D eigenvalue weighted by molar-refractivity contribution is 5.80. The van der Waals surface area contributed by atoms with Crippen molar-refractivity contribution in [2.75, 3.05) is 7.05 Å². The Bertz CT molecular complexity index is 759. The number of nitrogens with one attached hydrogen (secondary N) is 2. The fraction of sp³-hybridized carbons (Fsp3) is 0.211. The van der Waals surface area contributed by atoms with Gasteiger partial charge in [0.15, 0.2) is 5.96 Å². The Morgan fingerprint density at radius 3 is 2.57 bits per heavy atom. The van der Waals surface area contributed by atoms with E-state index in [-0.39, 0.29) is 6.04 Å². The summed E-state index contributed by atoms with van der Waals surface area (Å²) in [4.78, 5) is 4.28. The van der Waals surface area contributed by atoms with Crippen LogP contribution in [0.25, 0.3) is 11.0 Å². The van der Waals surface area contributed by atoms with Crippen LogP contribution in [0.2, 0.25) is 0 Å². The number of rotatable bonds is 4. The van der Waals surface area contributed by atoms with Gasteiger partial charge in [0.25, 0.3) is 0 Å². The molecule has 2 N–H and O–H groups in total. The summed E-state index contributed by atoms with van der Waals surface area (Å²) >= 11 is 0. The maximum atomic E-state index is 5.81. The van der Waals surface area contributed by atoms with E-state index in [1.54, 1.807) is 7.05 Å². The third kappa shape index (κ3) is 3.72. The molecule has 118 valence electrons. The molecule has 4 heteroatoms. The second kappa shape index (κ2) is 7.01. The van der Waals surface area contributed by atoms with Crippen LogP contribution in [0.15, 0.2) is 70.1 Å². The van der Waals surface area contributed by atoms with Gasteiger partial charge in [0.1, 0.15) is 11.3 Å². The maximum Gasteiger partial charge on any atom is 0.191 e. The standard InChI is InChI=1S/C19H21N3O/c1-14(15-8-4-3-5-9-15)22-19(20-2)21-13-17-12-16-10-6-7-11-18(16)23-17/h3-12,14H,13H2,1-2H3,(H2,20,21,22)/t14-/m0/s1. The lowest BCUT2D eigenvalue weighted by Gasteiger charge is -2.17. The monoisotopic (exact) mass is 307 g/mol. The minimum absolute atomic E-state index is 0.179. The van der Waals surface area contributed by atoms with Crippen molar-refractivity contribution < 1.29 is 4.42 Å². The average molecular weight is 307 g/mol. The summed E-state index contributed by atoms with van der Waals surface area (Å²) in [7, 11) is 1.77. The van der Waals surface area contributed by atoms with Gasteiger partial charge < -0.3 is 15.1 Å². The molecule has 1 aromatic heterocycles. The molecule has 2 aromatic carbocycles. The molecule has 0 amide bonds. The maximum absolute atomic E-state index is 5.81. The molecule has 1 atom stereocenters. The van der Waals surface area contributed by atoms with Crippen molar-refractivity contribution in [3.8, 4) is 0 Å². The molecule has 0 aliphatic heterocycles. The number of hydrogen-bond donors (Lipinski definition) is 2. The van der Waals surface area contributed by atoms with Crippen LogP contribution in [0.4, 0.5) is 0 Å². The van der Waals surface area contributed by atoms with E-state index >= 15 is 0 Å². The summed E-state index contributed by atoms with van der Waals surface area (Å²) in [6, 6.07) is 20.5. The lowest BCUT2D eigenvalue weighted by molar-refractivity contribution is 0.536. The zero-order valence-electron chi connectivity index (χ0n) is 13.4. The molecule has 0 bridgehead atoms. The first kappa shape index (κ1) is 15.2. The lowest BCUT2D eigenvalue weighted by Crippen LogP contribution is -2.38. The number of aliphatic imine (C=N–C) groups is 1. The molecule has 0 fully saturated rings. The number of para-hydroxylation sites is 1. The molecule has 3 rings (SSSR count).